The monoisotopic (exact) mass is 261 g/mol. The van der Waals surface area contributed by atoms with Crippen molar-refractivity contribution < 1.29 is 14.2 Å². The number of ether oxygens (including phenoxy) is 1. The van der Waals surface area contributed by atoms with Crippen molar-refractivity contribution in [3.8, 4) is 0 Å². The van der Waals surface area contributed by atoms with E-state index >= 15 is 0 Å². The lowest BCUT2D eigenvalue weighted by Gasteiger charge is -2.10. The van der Waals surface area contributed by atoms with E-state index in [1.807, 2.05) is 0 Å². The van der Waals surface area contributed by atoms with E-state index in [1.54, 1.807) is 19.2 Å². The van der Waals surface area contributed by atoms with Gasteiger partial charge in [-0.05, 0) is 25.1 Å². The largest absolute Gasteiger partial charge is 0.391 e. The maximum absolute atomic E-state index is 13.4. The van der Waals surface area contributed by atoms with E-state index in [4.69, 9.17) is 16.3 Å². The third-order valence-electron chi connectivity index (χ3n) is 2.34. The normalized spacial score (nSPS) is 12.7. The molecule has 0 radical (unpaired) electrons. The molecule has 3 nitrogen and oxygen atoms in total. The van der Waals surface area contributed by atoms with Crippen molar-refractivity contribution in [2.45, 2.75) is 19.1 Å². The summed E-state index contributed by atoms with van der Waals surface area (Å²) in [5, 5.41) is 12.8. The summed E-state index contributed by atoms with van der Waals surface area (Å²) >= 11 is 5.65. The Morgan fingerprint density at radius 3 is 2.94 bits per heavy atom. The van der Waals surface area contributed by atoms with E-state index in [1.165, 1.54) is 6.07 Å². The van der Waals surface area contributed by atoms with Crippen LogP contribution in [0.5, 0.6) is 0 Å². The van der Waals surface area contributed by atoms with Gasteiger partial charge in [-0.3, -0.25) is 0 Å². The Hall–Kier alpha value is -0.680. The Bertz CT molecular complexity index is 349. The highest BCUT2D eigenvalue weighted by atomic mass is 35.5. The lowest BCUT2D eigenvalue weighted by atomic mass is 10.2. The molecule has 96 valence electrons. The van der Waals surface area contributed by atoms with Crippen LogP contribution < -0.4 is 5.32 Å². The molecule has 0 spiro atoms. The zero-order valence-corrected chi connectivity index (χ0v) is 10.5. The third kappa shape index (κ3) is 5.46. The molecule has 0 bridgehead atoms. The molecule has 1 unspecified atom stereocenters. The second-order valence-corrected chi connectivity index (χ2v) is 4.25. The molecular weight excluding hydrogens is 245 g/mol. The van der Waals surface area contributed by atoms with Crippen LogP contribution in [-0.2, 0) is 11.3 Å². The smallest absolute Gasteiger partial charge is 0.129 e. The molecule has 2 N–H and O–H groups in total. The quantitative estimate of drug-likeness (QED) is 0.738. The fraction of sp³-hybridized carbons (Fsp3) is 0.500. The van der Waals surface area contributed by atoms with Crippen LogP contribution in [0.4, 0.5) is 4.39 Å². The third-order valence-corrected chi connectivity index (χ3v) is 2.58. The van der Waals surface area contributed by atoms with Gasteiger partial charge in [0.2, 0.25) is 0 Å². The number of nitrogens with one attached hydrogen (secondary N) is 1. The maximum Gasteiger partial charge on any atom is 0.129 e. The fourth-order valence-corrected chi connectivity index (χ4v) is 1.59. The standard InChI is InChI=1S/C12H17ClFNO2/c1-17-8-11(16)4-5-15-7-9-2-3-10(13)6-12(9)14/h2-3,6,11,15-16H,4-5,7-8H2,1H3. The molecule has 1 atom stereocenters. The van der Waals surface area contributed by atoms with Crippen molar-refractivity contribution in [1.82, 2.24) is 5.32 Å². The van der Waals surface area contributed by atoms with Crippen molar-refractivity contribution in [3.05, 3.63) is 34.6 Å². The van der Waals surface area contributed by atoms with E-state index in [-0.39, 0.29) is 5.82 Å². The highest BCUT2D eigenvalue weighted by Gasteiger charge is 2.04. The first-order valence-electron chi connectivity index (χ1n) is 5.45. The molecule has 0 aromatic heterocycles. The van der Waals surface area contributed by atoms with Gasteiger partial charge in [0.1, 0.15) is 5.82 Å². The highest BCUT2D eigenvalue weighted by molar-refractivity contribution is 6.30. The van der Waals surface area contributed by atoms with E-state index in [0.717, 1.165) is 0 Å². The van der Waals surface area contributed by atoms with Gasteiger partial charge in [-0.15, -0.1) is 0 Å². The Labute approximate surface area is 106 Å². The Morgan fingerprint density at radius 2 is 2.29 bits per heavy atom. The lowest BCUT2D eigenvalue weighted by Crippen LogP contribution is -2.23. The Kier molecular flexibility index (Phi) is 6.44. The SMILES string of the molecule is COCC(O)CCNCc1ccc(Cl)cc1F. The van der Waals surface area contributed by atoms with Crippen LogP contribution in [0.3, 0.4) is 0 Å². The van der Waals surface area contributed by atoms with Gasteiger partial charge < -0.3 is 15.2 Å². The summed E-state index contributed by atoms with van der Waals surface area (Å²) in [6.45, 7) is 1.34. The molecule has 0 saturated heterocycles. The minimum absolute atomic E-state index is 0.316. The average molecular weight is 262 g/mol. The number of aliphatic hydroxyl groups excluding tert-OH is 1. The van der Waals surface area contributed by atoms with Gasteiger partial charge in [0.05, 0.1) is 12.7 Å². The summed E-state index contributed by atoms with van der Waals surface area (Å²) < 4.78 is 18.2. The molecule has 0 aliphatic carbocycles. The lowest BCUT2D eigenvalue weighted by molar-refractivity contribution is 0.0594. The first-order chi connectivity index (χ1) is 8.13. The van der Waals surface area contributed by atoms with Crippen molar-refractivity contribution in [2.24, 2.45) is 0 Å². The van der Waals surface area contributed by atoms with E-state index in [0.29, 0.717) is 36.7 Å². The number of hydrogen-bond donors (Lipinski definition) is 2. The molecule has 5 heteroatoms. The van der Waals surface area contributed by atoms with Gasteiger partial charge in [-0.2, -0.15) is 0 Å². The molecule has 1 rings (SSSR count). The predicted octanol–water partition coefficient (Wildman–Crippen LogP) is 1.97. The molecule has 0 aliphatic heterocycles. The summed E-state index contributed by atoms with van der Waals surface area (Å²) in [5.41, 5.74) is 0.565. The van der Waals surface area contributed by atoms with E-state index < -0.39 is 6.10 Å². The number of rotatable bonds is 7. The number of methoxy groups -OCH3 is 1. The molecule has 0 fully saturated rings. The maximum atomic E-state index is 13.4. The molecule has 1 aromatic rings. The minimum atomic E-state index is -0.484. The van der Waals surface area contributed by atoms with Gasteiger partial charge in [0, 0.05) is 24.2 Å². The van der Waals surface area contributed by atoms with Crippen molar-refractivity contribution in [1.29, 1.82) is 0 Å². The summed E-state index contributed by atoms with van der Waals surface area (Å²) in [5.74, 6) is -0.317. The van der Waals surface area contributed by atoms with Gasteiger partial charge in [0.25, 0.3) is 0 Å². The van der Waals surface area contributed by atoms with Crippen LogP contribution in [-0.4, -0.2) is 31.5 Å². The Balaban J connectivity index is 2.26. The van der Waals surface area contributed by atoms with Crippen molar-refractivity contribution in [2.75, 3.05) is 20.3 Å². The summed E-state index contributed by atoms with van der Waals surface area (Å²) in [6.07, 6.45) is 0.0887. The molecule has 1 aromatic carbocycles. The molecule has 0 heterocycles. The van der Waals surface area contributed by atoms with Crippen LogP contribution in [0.1, 0.15) is 12.0 Å². The van der Waals surface area contributed by atoms with Crippen LogP contribution in [0, 0.1) is 5.82 Å². The predicted molar refractivity (Wildman–Crippen MR) is 65.6 cm³/mol. The number of halogens is 2. The first kappa shape index (κ1) is 14.4. The zero-order valence-electron chi connectivity index (χ0n) is 9.75. The molecule has 0 saturated carbocycles. The summed E-state index contributed by atoms with van der Waals surface area (Å²) in [6, 6.07) is 4.59. The van der Waals surface area contributed by atoms with E-state index in [2.05, 4.69) is 5.32 Å². The first-order valence-corrected chi connectivity index (χ1v) is 5.83. The van der Waals surface area contributed by atoms with E-state index in [9.17, 15) is 9.50 Å². The molecular formula is C12H17ClFNO2. The molecule has 0 amide bonds. The second-order valence-electron chi connectivity index (χ2n) is 3.81. The topological polar surface area (TPSA) is 41.5 Å². The molecule has 17 heavy (non-hydrogen) atoms. The fourth-order valence-electron chi connectivity index (χ4n) is 1.43. The van der Waals surface area contributed by atoms with Gasteiger partial charge in [-0.25, -0.2) is 4.39 Å². The summed E-state index contributed by atoms with van der Waals surface area (Å²) in [7, 11) is 1.54. The molecule has 0 aliphatic rings. The van der Waals surface area contributed by atoms with Crippen LogP contribution >= 0.6 is 11.6 Å². The van der Waals surface area contributed by atoms with Crippen LogP contribution in [0.15, 0.2) is 18.2 Å². The van der Waals surface area contributed by atoms with Crippen LogP contribution in [0.25, 0.3) is 0 Å². The highest BCUT2D eigenvalue weighted by Crippen LogP contribution is 2.14. The van der Waals surface area contributed by atoms with Crippen LogP contribution in [0.2, 0.25) is 5.02 Å². The minimum Gasteiger partial charge on any atom is -0.391 e. The van der Waals surface area contributed by atoms with Gasteiger partial charge >= 0.3 is 0 Å². The van der Waals surface area contributed by atoms with Gasteiger partial charge in [-0.1, -0.05) is 17.7 Å². The second kappa shape index (κ2) is 7.61. The summed E-state index contributed by atoms with van der Waals surface area (Å²) in [4.78, 5) is 0. The zero-order chi connectivity index (χ0) is 12.7. The number of aliphatic hydroxyl groups is 1. The average Bonchev–Trinajstić information content (AvgIpc) is 2.27. The number of benzene rings is 1. The van der Waals surface area contributed by atoms with Crippen molar-refractivity contribution >= 4 is 11.6 Å². The van der Waals surface area contributed by atoms with Crippen molar-refractivity contribution in [3.63, 3.8) is 0 Å². The van der Waals surface area contributed by atoms with Gasteiger partial charge in [0.15, 0.2) is 0 Å². The number of hydrogen-bond acceptors (Lipinski definition) is 3. The Morgan fingerprint density at radius 1 is 1.53 bits per heavy atom.